The summed E-state index contributed by atoms with van der Waals surface area (Å²) in [5, 5.41) is 11.2. The summed E-state index contributed by atoms with van der Waals surface area (Å²) >= 11 is 1.64. The molecule has 1 aromatic carbocycles. The van der Waals surface area contributed by atoms with E-state index in [1.54, 1.807) is 41.7 Å². The Morgan fingerprint density at radius 3 is 2.75 bits per heavy atom. The number of aromatic nitrogens is 2. The molecule has 0 radical (unpaired) electrons. The number of carboxylic acids is 1. The summed E-state index contributed by atoms with van der Waals surface area (Å²) in [4.78, 5) is 32.7. The molecule has 0 unspecified atom stereocenters. The summed E-state index contributed by atoms with van der Waals surface area (Å²) in [7, 11) is 0. The van der Waals surface area contributed by atoms with E-state index >= 15 is 0 Å². The monoisotopic (exact) mass is 395 g/mol. The van der Waals surface area contributed by atoms with Gasteiger partial charge in [-0.1, -0.05) is 24.6 Å². The Bertz CT molecular complexity index is 1100. The highest BCUT2D eigenvalue weighted by atomic mass is 32.1. The summed E-state index contributed by atoms with van der Waals surface area (Å²) in [5.41, 5.74) is 1.99. The number of H-pyrrole nitrogens is 1. The molecule has 0 saturated carbocycles. The van der Waals surface area contributed by atoms with Crippen molar-refractivity contribution in [3.05, 3.63) is 56.4 Å². The summed E-state index contributed by atoms with van der Waals surface area (Å²) < 4.78 is 5.05. The minimum absolute atomic E-state index is 0.0740. The second-order valence-electron chi connectivity index (χ2n) is 6.76. The molecule has 0 atom stereocenters. The van der Waals surface area contributed by atoms with Crippen molar-refractivity contribution in [2.45, 2.75) is 32.1 Å². The summed E-state index contributed by atoms with van der Waals surface area (Å²) in [5.74, 6) is -0.291. The van der Waals surface area contributed by atoms with Crippen LogP contribution in [0.1, 0.15) is 41.1 Å². The Hall–Kier alpha value is -2.93. The molecule has 4 rings (SSSR count). The van der Waals surface area contributed by atoms with Crippen LogP contribution in [0.3, 0.4) is 0 Å². The van der Waals surface area contributed by atoms with E-state index in [4.69, 9.17) is 4.74 Å². The smallest absolute Gasteiger partial charge is 0.260 e. The zero-order valence-corrected chi connectivity index (χ0v) is 16.0. The van der Waals surface area contributed by atoms with Crippen LogP contribution in [0.2, 0.25) is 0 Å². The highest BCUT2D eigenvalue weighted by Crippen LogP contribution is 2.32. The molecule has 2 heterocycles. The number of carbonyl (C=O) groups is 1. The van der Waals surface area contributed by atoms with E-state index in [9.17, 15) is 14.7 Å². The third-order valence-corrected chi connectivity index (χ3v) is 5.95. The first-order valence-corrected chi connectivity index (χ1v) is 10.1. The molecule has 3 aromatic rings. The van der Waals surface area contributed by atoms with E-state index in [0.29, 0.717) is 11.6 Å². The van der Waals surface area contributed by atoms with Crippen LogP contribution in [0, 0.1) is 0 Å². The number of ether oxygens (including phenoxy) is 1. The molecule has 0 spiro atoms. The minimum Gasteiger partial charge on any atom is -0.546 e. The Kier molecular flexibility index (Phi) is 5.25. The molecule has 0 aliphatic heterocycles. The number of rotatable bonds is 5. The van der Waals surface area contributed by atoms with Gasteiger partial charge in [0.05, 0.1) is 11.4 Å². The van der Waals surface area contributed by atoms with Gasteiger partial charge in [0.15, 0.2) is 0 Å². The maximum Gasteiger partial charge on any atom is 0.260 e. The molecule has 1 aliphatic rings. The van der Waals surface area contributed by atoms with Crippen molar-refractivity contribution >= 4 is 39.7 Å². The van der Waals surface area contributed by atoms with Crippen LogP contribution in [0.15, 0.2) is 29.1 Å². The van der Waals surface area contributed by atoms with Gasteiger partial charge in [-0.25, -0.2) is 4.98 Å². The van der Waals surface area contributed by atoms with E-state index < -0.39 is 12.6 Å². The molecule has 7 heteroatoms. The average Bonchev–Trinajstić information content (AvgIpc) is 2.87. The third kappa shape index (κ3) is 3.99. The van der Waals surface area contributed by atoms with Crippen molar-refractivity contribution in [3.8, 4) is 5.75 Å². The molecule has 0 saturated heterocycles. The van der Waals surface area contributed by atoms with Gasteiger partial charge in [0.1, 0.15) is 23.0 Å². The highest BCUT2D eigenvalue weighted by molar-refractivity contribution is 7.18. The number of thiophene rings is 1. The Morgan fingerprint density at radius 2 is 1.96 bits per heavy atom. The molecule has 1 aliphatic carbocycles. The van der Waals surface area contributed by atoms with Crippen molar-refractivity contribution in [3.63, 3.8) is 0 Å². The number of carboxylic acid groups (broad SMARTS) is 1. The number of nitrogens with zero attached hydrogens (tertiary/aromatic N) is 1. The van der Waals surface area contributed by atoms with Crippen LogP contribution in [-0.4, -0.2) is 22.5 Å². The maximum absolute atomic E-state index is 12.6. The van der Waals surface area contributed by atoms with Gasteiger partial charge < -0.3 is 19.6 Å². The van der Waals surface area contributed by atoms with Crippen molar-refractivity contribution in [1.29, 1.82) is 0 Å². The largest absolute Gasteiger partial charge is 0.546 e. The number of benzene rings is 1. The number of aliphatic carboxylic acids is 1. The predicted octanol–water partition coefficient (Wildman–Crippen LogP) is 2.55. The number of aryl methyl sites for hydroxylation is 2. The van der Waals surface area contributed by atoms with E-state index in [-0.39, 0.29) is 5.56 Å². The van der Waals surface area contributed by atoms with Gasteiger partial charge in [-0.15, -0.1) is 11.3 Å². The molecule has 1 N–H and O–H groups in total. The first-order chi connectivity index (χ1) is 13.6. The van der Waals surface area contributed by atoms with Crippen molar-refractivity contribution in [2.75, 3.05) is 6.61 Å². The quantitative estimate of drug-likeness (QED) is 0.670. The van der Waals surface area contributed by atoms with Crippen LogP contribution in [0.5, 0.6) is 5.75 Å². The second-order valence-corrected chi connectivity index (χ2v) is 7.84. The normalized spacial score (nSPS) is 14.1. The Balaban J connectivity index is 1.56. The minimum atomic E-state index is -1.26. The molecule has 0 amide bonds. The van der Waals surface area contributed by atoms with Crippen molar-refractivity contribution < 1.29 is 14.6 Å². The van der Waals surface area contributed by atoms with Gasteiger partial charge >= 0.3 is 0 Å². The zero-order chi connectivity index (χ0) is 19.5. The lowest BCUT2D eigenvalue weighted by Crippen LogP contribution is -2.28. The van der Waals surface area contributed by atoms with Gasteiger partial charge in [0, 0.05) is 4.88 Å². The molecular formula is C21H19N2O4S-. The number of nitrogens with one attached hydrogen (secondary N) is 1. The standard InChI is InChI=1S/C21H20N2O4S/c24-18(25)12-27-14-9-6-13(7-10-14)8-11-17-22-20(26)19-15-4-2-1-3-5-16(15)28-21(19)23-17/h6-11H,1-5,12H2,(H,24,25)(H,22,23,26)/p-1/b11-8+. The van der Waals surface area contributed by atoms with Crippen molar-refractivity contribution in [1.82, 2.24) is 9.97 Å². The molecule has 2 aromatic heterocycles. The van der Waals surface area contributed by atoms with E-state index in [1.165, 1.54) is 23.3 Å². The molecule has 0 fully saturated rings. The van der Waals surface area contributed by atoms with Gasteiger partial charge in [0.2, 0.25) is 0 Å². The van der Waals surface area contributed by atoms with Crippen LogP contribution in [0.4, 0.5) is 0 Å². The van der Waals surface area contributed by atoms with Gasteiger partial charge in [-0.05, 0) is 55.0 Å². The number of hydrogen-bond donors (Lipinski definition) is 1. The van der Waals surface area contributed by atoms with E-state index in [2.05, 4.69) is 9.97 Å². The summed E-state index contributed by atoms with van der Waals surface area (Å²) in [6.07, 6.45) is 9.12. The molecule has 28 heavy (non-hydrogen) atoms. The van der Waals surface area contributed by atoms with E-state index in [0.717, 1.165) is 35.0 Å². The van der Waals surface area contributed by atoms with Gasteiger partial charge in [-0.2, -0.15) is 0 Å². The number of hydrogen-bond acceptors (Lipinski definition) is 6. The van der Waals surface area contributed by atoms with Crippen LogP contribution < -0.4 is 15.4 Å². The maximum atomic E-state index is 12.6. The fourth-order valence-electron chi connectivity index (χ4n) is 3.43. The summed E-state index contributed by atoms with van der Waals surface area (Å²) in [6, 6.07) is 6.95. The lowest BCUT2D eigenvalue weighted by molar-refractivity contribution is -0.307. The van der Waals surface area contributed by atoms with Gasteiger partial charge in [0.25, 0.3) is 5.56 Å². The van der Waals surface area contributed by atoms with Crippen LogP contribution in [0.25, 0.3) is 22.4 Å². The highest BCUT2D eigenvalue weighted by Gasteiger charge is 2.18. The topological polar surface area (TPSA) is 95.1 Å². The lowest BCUT2D eigenvalue weighted by Gasteiger charge is -2.06. The van der Waals surface area contributed by atoms with Crippen molar-refractivity contribution in [2.24, 2.45) is 0 Å². The second kappa shape index (κ2) is 7.98. The molecule has 6 nitrogen and oxygen atoms in total. The van der Waals surface area contributed by atoms with E-state index in [1.807, 2.05) is 6.08 Å². The summed E-state index contributed by atoms with van der Waals surface area (Å²) in [6.45, 7) is -0.481. The lowest BCUT2D eigenvalue weighted by atomic mass is 10.1. The zero-order valence-electron chi connectivity index (χ0n) is 15.2. The van der Waals surface area contributed by atoms with Crippen LogP contribution in [-0.2, 0) is 17.6 Å². The number of carbonyl (C=O) groups excluding carboxylic acids is 1. The number of aromatic amines is 1. The fourth-order valence-corrected chi connectivity index (χ4v) is 4.70. The Labute approximate surface area is 165 Å². The van der Waals surface area contributed by atoms with Crippen LogP contribution >= 0.6 is 11.3 Å². The third-order valence-electron chi connectivity index (χ3n) is 4.76. The molecule has 144 valence electrons. The first kappa shape index (κ1) is 18.4. The fraction of sp³-hybridized carbons (Fsp3) is 0.286. The number of fused-ring (bicyclic) bond motifs is 3. The molecular weight excluding hydrogens is 376 g/mol. The SMILES string of the molecule is O=C([O-])COc1ccc(/C=C/c2nc3sc4c(c3c(=O)[nH]2)CCCCC4)cc1. The Morgan fingerprint density at radius 1 is 1.18 bits per heavy atom. The first-order valence-electron chi connectivity index (χ1n) is 9.25. The molecule has 0 bridgehead atoms. The predicted molar refractivity (Wildman–Crippen MR) is 107 cm³/mol. The average molecular weight is 395 g/mol. The van der Waals surface area contributed by atoms with Gasteiger partial charge in [-0.3, -0.25) is 4.79 Å².